The molecule has 1 nitrogen and oxygen atoms in total. The predicted molar refractivity (Wildman–Crippen MR) is 53.3 cm³/mol. The highest BCUT2D eigenvalue weighted by molar-refractivity contribution is 5.02. The van der Waals surface area contributed by atoms with Gasteiger partial charge in [-0.15, -0.1) is 0 Å². The van der Waals surface area contributed by atoms with E-state index < -0.39 is 40.6 Å². The average molecular weight is 337 g/mol. The fourth-order valence-corrected chi connectivity index (χ4v) is 1.10. The highest BCUT2D eigenvalue weighted by Gasteiger charge is 2.74. The number of hydrogen-bond acceptors (Lipinski definition) is 1. The summed E-state index contributed by atoms with van der Waals surface area (Å²) < 4.78 is 131. The molecule has 0 saturated heterocycles. The van der Waals surface area contributed by atoms with Crippen molar-refractivity contribution in [3.05, 3.63) is 0 Å². The Balaban J connectivity index is 5.65. The Hall–Kier alpha value is -0.740. The molecule has 0 aromatic rings. The van der Waals surface area contributed by atoms with Crippen LogP contribution in [0.15, 0.2) is 0 Å². The molecule has 0 radical (unpaired) electrons. The average Bonchev–Trinajstić information content (AvgIpc) is 2.11. The van der Waals surface area contributed by atoms with Crippen molar-refractivity contribution in [2.45, 2.75) is 63.0 Å². The van der Waals surface area contributed by atoms with E-state index in [4.69, 9.17) is 0 Å². The van der Waals surface area contributed by atoms with Crippen LogP contribution in [0, 0.1) is 0 Å². The smallest absolute Gasteiger partial charge is 0.238 e. The van der Waals surface area contributed by atoms with Crippen molar-refractivity contribution < 1.29 is 43.9 Å². The van der Waals surface area contributed by atoms with Crippen LogP contribution in [0.4, 0.5) is 43.9 Å². The first-order valence-electron chi connectivity index (χ1n) is 5.39. The van der Waals surface area contributed by atoms with Gasteiger partial charge in [0.25, 0.3) is 0 Å². The summed E-state index contributed by atoms with van der Waals surface area (Å²) in [6.45, 7) is -0.230. The largest absolute Gasteiger partial charge is 0.373 e. The number of hydrogen-bond donors (Lipinski definition) is 1. The molecule has 0 rings (SSSR count). The summed E-state index contributed by atoms with van der Waals surface area (Å²) in [5.74, 6) is -11.5. The normalized spacial score (nSPS) is 16.3. The van der Waals surface area contributed by atoms with Gasteiger partial charge in [0.05, 0.1) is 0 Å². The molecule has 0 aromatic heterocycles. The van der Waals surface area contributed by atoms with E-state index in [1.54, 1.807) is 0 Å². The Morgan fingerprint density at radius 1 is 0.476 bits per heavy atom. The van der Waals surface area contributed by atoms with Crippen LogP contribution >= 0.6 is 0 Å². The van der Waals surface area contributed by atoms with Gasteiger partial charge in [-0.25, -0.2) is 8.78 Å². The molecule has 0 fully saturated rings. The van der Waals surface area contributed by atoms with Crippen LogP contribution in [0.3, 0.4) is 0 Å². The molecule has 0 unspecified atom stereocenters. The van der Waals surface area contributed by atoms with Gasteiger partial charge in [0, 0.05) is 0 Å². The van der Waals surface area contributed by atoms with Gasteiger partial charge in [-0.2, -0.15) is 40.4 Å². The van der Waals surface area contributed by atoms with Crippen molar-refractivity contribution in [3.8, 4) is 0 Å². The number of nitrogens with one attached hydrogen (secondary N) is 1. The molecule has 11 heteroatoms. The zero-order valence-electron chi connectivity index (χ0n) is 11.3. The second-order valence-electron chi connectivity index (χ2n) is 5.37. The molecule has 0 amide bonds. The monoisotopic (exact) mass is 337 g/mol. The van der Waals surface area contributed by atoms with Crippen LogP contribution in [0.2, 0.25) is 0 Å². The lowest BCUT2D eigenvalue weighted by Gasteiger charge is -2.39. The summed E-state index contributed by atoms with van der Waals surface area (Å²) in [6, 6.07) is -12.1. The number of alkyl halides is 10. The fourth-order valence-electron chi connectivity index (χ4n) is 1.10. The lowest BCUT2D eigenvalue weighted by atomic mass is 9.97. The van der Waals surface area contributed by atoms with E-state index in [0.29, 0.717) is 0 Å². The first-order chi connectivity index (χ1) is 8.71. The molecule has 0 heterocycles. The van der Waals surface area contributed by atoms with Crippen LogP contribution in [-0.2, 0) is 0 Å². The quantitative estimate of drug-likeness (QED) is 0.555. The second-order valence-corrected chi connectivity index (χ2v) is 5.37. The maximum absolute atomic E-state index is 13.1. The Labute approximate surface area is 113 Å². The van der Waals surface area contributed by atoms with Gasteiger partial charge < -0.3 is 0 Å². The molecular formula is C10H13F10N. The van der Waals surface area contributed by atoms with Gasteiger partial charge in [-0.1, -0.05) is 0 Å². The first kappa shape index (κ1) is 20.3. The first-order valence-corrected chi connectivity index (χ1v) is 5.39. The third-order valence-corrected chi connectivity index (χ3v) is 2.60. The lowest BCUT2D eigenvalue weighted by Crippen LogP contribution is -2.70. The summed E-state index contributed by atoms with van der Waals surface area (Å²) in [7, 11) is 0. The van der Waals surface area contributed by atoms with Crippen molar-refractivity contribution in [2.24, 2.45) is 0 Å². The third kappa shape index (κ3) is 3.37. The van der Waals surface area contributed by atoms with Crippen molar-refractivity contribution in [1.82, 2.24) is 5.32 Å². The van der Waals surface area contributed by atoms with E-state index in [9.17, 15) is 43.9 Å². The maximum Gasteiger partial charge on any atom is 0.373 e. The summed E-state index contributed by atoms with van der Waals surface area (Å²) in [6.07, 6.45) is 0. The van der Waals surface area contributed by atoms with Crippen LogP contribution < -0.4 is 5.32 Å². The fraction of sp³-hybridized carbons (Fsp3) is 1.00. The van der Waals surface area contributed by atoms with Crippen LogP contribution in [0.1, 0.15) is 27.7 Å². The summed E-state index contributed by atoms with van der Waals surface area (Å²) in [5, 5.41) is -0.620. The molecule has 0 aliphatic carbocycles. The van der Waals surface area contributed by atoms with E-state index in [1.807, 2.05) is 0 Å². The van der Waals surface area contributed by atoms with Gasteiger partial charge in [-0.3, -0.25) is 0 Å². The van der Waals surface area contributed by atoms with Crippen molar-refractivity contribution in [2.75, 3.05) is 0 Å². The van der Waals surface area contributed by atoms with E-state index in [-0.39, 0.29) is 27.7 Å². The molecule has 0 spiro atoms. The van der Waals surface area contributed by atoms with Crippen LogP contribution in [-0.4, -0.2) is 35.3 Å². The Kier molecular flexibility index (Phi) is 4.71. The van der Waals surface area contributed by atoms with Gasteiger partial charge in [0.2, 0.25) is 0 Å². The van der Waals surface area contributed by atoms with Gasteiger partial charge in [-0.05, 0) is 27.7 Å². The summed E-state index contributed by atoms with van der Waals surface area (Å²) in [5.41, 5.74) is -8.03. The van der Waals surface area contributed by atoms with Gasteiger partial charge >= 0.3 is 23.9 Å². The van der Waals surface area contributed by atoms with Crippen LogP contribution in [0.25, 0.3) is 0 Å². The van der Waals surface area contributed by atoms with Crippen LogP contribution in [0.5, 0.6) is 0 Å². The molecule has 0 saturated carbocycles. The summed E-state index contributed by atoms with van der Waals surface area (Å²) >= 11 is 0. The maximum atomic E-state index is 13.1. The van der Waals surface area contributed by atoms with Gasteiger partial charge in [0.15, 0.2) is 11.3 Å². The Morgan fingerprint density at radius 2 is 0.667 bits per heavy atom. The third-order valence-electron chi connectivity index (χ3n) is 2.60. The molecule has 128 valence electrons. The molecule has 1 N–H and O–H groups in total. The zero-order valence-corrected chi connectivity index (χ0v) is 11.3. The standard InChI is InChI=1S/C10H13F10N/c1-5(2,11)7(13,14)9(17,18)21-10(19,20)8(15,16)6(3,4)12/h21H,1-4H3. The molecule has 0 aliphatic rings. The summed E-state index contributed by atoms with van der Waals surface area (Å²) in [4.78, 5) is 0. The predicted octanol–water partition coefficient (Wildman–Crippen LogP) is 4.53. The van der Waals surface area contributed by atoms with E-state index in [0.717, 1.165) is 0 Å². The Morgan fingerprint density at radius 3 is 0.810 bits per heavy atom. The van der Waals surface area contributed by atoms with Crippen molar-refractivity contribution >= 4 is 0 Å². The lowest BCUT2D eigenvalue weighted by molar-refractivity contribution is -0.343. The van der Waals surface area contributed by atoms with Gasteiger partial charge in [0.1, 0.15) is 0 Å². The Bertz CT molecular complexity index is 340. The van der Waals surface area contributed by atoms with E-state index in [1.165, 1.54) is 0 Å². The highest BCUT2D eigenvalue weighted by Crippen LogP contribution is 2.48. The highest BCUT2D eigenvalue weighted by atomic mass is 19.3. The number of rotatable bonds is 6. The topological polar surface area (TPSA) is 12.0 Å². The molecular weight excluding hydrogens is 324 g/mol. The van der Waals surface area contributed by atoms with E-state index >= 15 is 0 Å². The minimum atomic E-state index is -6.07. The zero-order chi connectivity index (χ0) is 17.7. The molecule has 21 heavy (non-hydrogen) atoms. The molecule has 0 bridgehead atoms. The van der Waals surface area contributed by atoms with Crippen molar-refractivity contribution in [3.63, 3.8) is 0 Å². The number of halogens is 10. The molecule has 0 atom stereocenters. The minimum Gasteiger partial charge on any atom is -0.238 e. The second kappa shape index (κ2) is 4.88. The SMILES string of the molecule is CC(C)(F)C(F)(F)C(F)(F)NC(F)(F)C(F)(F)C(C)(C)F. The minimum absolute atomic E-state index is 0.0576. The molecule has 0 aromatic carbocycles. The van der Waals surface area contributed by atoms with Crippen molar-refractivity contribution in [1.29, 1.82) is 0 Å². The van der Waals surface area contributed by atoms with E-state index in [2.05, 4.69) is 0 Å². The molecule has 0 aliphatic heterocycles.